The molecule has 2 rings (SSSR count). The monoisotopic (exact) mass is 427 g/mol. The molecule has 2 N–H and O–H groups in total. The van der Waals surface area contributed by atoms with Crippen LogP contribution < -0.4 is 10.6 Å². The number of benzene rings is 1. The van der Waals surface area contributed by atoms with Crippen molar-refractivity contribution in [3.63, 3.8) is 0 Å². The van der Waals surface area contributed by atoms with E-state index in [9.17, 15) is 0 Å². The summed E-state index contributed by atoms with van der Waals surface area (Å²) in [7, 11) is 3.74. The zero-order chi connectivity index (χ0) is 15.8. The lowest BCUT2D eigenvalue weighted by Gasteiger charge is -2.12. The van der Waals surface area contributed by atoms with E-state index >= 15 is 0 Å². The second-order valence-corrected chi connectivity index (χ2v) is 5.40. The molecular formula is C17H26IN5. The molecule has 126 valence electrons. The van der Waals surface area contributed by atoms with Crippen LogP contribution in [-0.4, -0.2) is 29.3 Å². The molecule has 0 aliphatic heterocycles. The first kappa shape index (κ1) is 19.5. The van der Waals surface area contributed by atoms with Crippen molar-refractivity contribution < 1.29 is 0 Å². The van der Waals surface area contributed by atoms with Gasteiger partial charge in [0.05, 0.1) is 6.20 Å². The van der Waals surface area contributed by atoms with Gasteiger partial charge in [-0.05, 0) is 36.5 Å². The van der Waals surface area contributed by atoms with E-state index in [1.165, 1.54) is 16.7 Å². The normalized spacial score (nSPS) is 11.0. The highest BCUT2D eigenvalue weighted by Crippen LogP contribution is 2.05. The number of rotatable bonds is 6. The molecule has 1 aromatic heterocycles. The van der Waals surface area contributed by atoms with Crippen molar-refractivity contribution in [1.82, 2.24) is 20.4 Å². The van der Waals surface area contributed by atoms with E-state index < -0.39 is 0 Å². The summed E-state index contributed by atoms with van der Waals surface area (Å²) in [5, 5.41) is 10.9. The van der Waals surface area contributed by atoms with E-state index in [4.69, 9.17) is 0 Å². The van der Waals surface area contributed by atoms with Crippen LogP contribution in [0.1, 0.15) is 23.1 Å². The molecule has 0 amide bonds. The number of guanidine groups is 1. The van der Waals surface area contributed by atoms with Crippen molar-refractivity contribution in [2.24, 2.45) is 12.0 Å². The Balaban J connectivity index is 0.00000264. The fraction of sp³-hybridized carbons (Fsp3) is 0.412. The third-order valence-corrected chi connectivity index (χ3v) is 3.62. The van der Waals surface area contributed by atoms with E-state index in [1.807, 2.05) is 17.9 Å². The third-order valence-electron chi connectivity index (χ3n) is 3.62. The molecular weight excluding hydrogens is 401 g/mol. The minimum atomic E-state index is 0. The fourth-order valence-electron chi connectivity index (χ4n) is 2.31. The Hall–Kier alpha value is -1.57. The SMILES string of the molecule is CN=C(NCCCc1cnn(C)c1)NCc1ccccc1C.I. The van der Waals surface area contributed by atoms with E-state index in [-0.39, 0.29) is 24.0 Å². The number of halogens is 1. The molecule has 6 heteroatoms. The topological polar surface area (TPSA) is 54.2 Å². The minimum Gasteiger partial charge on any atom is -0.356 e. The van der Waals surface area contributed by atoms with Crippen LogP contribution in [0.15, 0.2) is 41.7 Å². The number of hydrogen-bond acceptors (Lipinski definition) is 2. The molecule has 5 nitrogen and oxygen atoms in total. The van der Waals surface area contributed by atoms with Crippen molar-refractivity contribution >= 4 is 29.9 Å². The molecule has 1 aromatic carbocycles. The maximum absolute atomic E-state index is 4.26. The molecule has 0 radical (unpaired) electrons. The lowest BCUT2D eigenvalue weighted by Crippen LogP contribution is -2.37. The maximum atomic E-state index is 4.26. The molecule has 0 aliphatic rings. The van der Waals surface area contributed by atoms with E-state index in [1.54, 1.807) is 7.05 Å². The Morgan fingerprint density at radius 3 is 2.70 bits per heavy atom. The molecule has 0 bridgehead atoms. The molecule has 0 unspecified atom stereocenters. The van der Waals surface area contributed by atoms with Gasteiger partial charge < -0.3 is 10.6 Å². The summed E-state index contributed by atoms with van der Waals surface area (Å²) in [6.45, 7) is 3.80. The predicted molar refractivity (Wildman–Crippen MR) is 106 cm³/mol. The lowest BCUT2D eigenvalue weighted by molar-refractivity contribution is 0.738. The van der Waals surface area contributed by atoms with Gasteiger partial charge >= 0.3 is 0 Å². The number of aryl methyl sites for hydroxylation is 3. The Morgan fingerprint density at radius 2 is 2.04 bits per heavy atom. The molecule has 23 heavy (non-hydrogen) atoms. The van der Waals surface area contributed by atoms with Gasteiger partial charge in [-0.3, -0.25) is 9.67 Å². The smallest absolute Gasteiger partial charge is 0.191 e. The van der Waals surface area contributed by atoms with E-state index in [2.05, 4.69) is 58.1 Å². The summed E-state index contributed by atoms with van der Waals surface area (Å²) in [5.74, 6) is 0.842. The van der Waals surface area contributed by atoms with Crippen molar-refractivity contribution in [3.05, 3.63) is 53.3 Å². The van der Waals surface area contributed by atoms with Gasteiger partial charge in [-0.1, -0.05) is 24.3 Å². The second kappa shape index (κ2) is 10.3. The van der Waals surface area contributed by atoms with Crippen molar-refractivity contribution in [2.75, 3.05) is 13.6 Å². The Labute approximate surface area is 155 Å². The first-order valence-electron chi connectivity index (χ1n) is 7.65. The van der Waals surface area contributed by atoms with Crippen LogP contribution in [0.5, 0.6) is 0 Å². The molecule has 1 heterocycles. The summed E-state index contributed by atoms with van der Waals surface area (Å²) in [6, 6.07) is 8.39. The lowest BCUT2D eigenvalue weighted by atomic mass is 10.1. The van der Waals surface area contributed by atoms with Gasteiger partial charge in [0.1, 0.15) is 0 Å². The van der Waals surface area contributed by atoms with Crippen LogP contribution in [0.4, 0.5) is 0 Å². The molecule has 0 atom stereocenters. The molecule has 0 aliphatic carbocycles. The van der Waals surface area contributed by atoms with Crippen molar-refractivity contribution in [1.29, 1.82) is 0 Å². The minimum absolute atomic E-state index is 0. The molecule has 2 aromatic rings. The number of aromatic nitrogens is 2. The van der Waals surface area contributed by atoms with E-state index in [0.29, 0.717) is 0 Å². The number of hydrogen-bond donors (Lipinski definition) is 2. The summed E-state index contributed by atoms with van der Waals surface area (Å²) in [5.41, 5.74) is 3.86. The van der Waals surface area contributed by atoms with Crippen molar-refractivity contribution in [2.45, 2.75) is 26.3 Å². The van der Waals surface area contributed by atoms with Crippen LogP contribution in [0.25, 0.3) is 0 Å². The summed E-state index contributed by atoms with van der Waals surface area (Å²) in [4.78, 5) is 4.26. The van der Waals surface area contributed by atoms with Crippen LogP contribution in [0, 0.1) is 6.92 Å². The average molecular weight is 427 g/mol. The first-order valence-corrected chi connectivity index (χ1v) is 7.65. The fourth-order valence-corrected chi connectivity index (χ4v) is 2.31. The first-order chi connectivity index (χ1) is 10.7. The largest absolute Gasteiger partial charge is 0.356 e. The number of nitrogens with zero attached hydrogens (tertiary/aromatic N) is 3. The van der Waals surface area contributed by atoms with Crippen LogP contribution in [0.2, 0.25) is 0 Å². The van der Waals surface area contributed by atoms with Gasteiger partial charge in [0.15, 0.2) is 5.96 Å². The van der Waals surface area contributed by atoms with Gasteiger partial charge in [-0.15, -0.1) is 24.0 Å². The maximum Gasteiger partial charge on any atom is 0.191 e. The quantitative estimate of drug-likeness (QED) is 0.323. The predicted octanol–water partition coefficient (Wildman–Crippen LogP) is 2.64. The molecule has 0 fully saturated rings. The van der Waals surface area contributed by atoms with Gasteiger partial charge in [0.2, 0.25) is 0 Å². The van der Waals surface area contributed by atoms with E-state index in [0.717, 1.165) is 31.9 Å². The Kier molecular flexibility index (Phi) is 8.68. The van der Waals surface area contributed by atoms with Gasteiger partial charge in [0, 0.05) is 33.4 Å². The van der Waals surface area contributed by atoms with Crippen molar-refractivity contribution in [3.8, 4) is 0 Å². The molecule has 0 saturated carbocycles. The van der Waals surface area contributed by atoms with Crippen LogP contribution >= 0.6 is 24.0 Å². The molecule has 0 spiro atoms. The zero-order valence-corrected chi connectivity index (χ0v) is 16.4. The molecule has 0 saturated heterocycles. The zero-order valence-electron chi connectivity index (χ0n) is 14.0. The summed E-state index contributed by atoms with van der Waals surface area (Å²) < 4.78 is 1.84. The second-order valence-electron chi connectivity index (χ2n) is 5.40. The van der Waals surface area contributed by atoms with Gasteiger partial charge in [0.25, 0.3) is 0 Å². The Morgan fingerprint density at radius 1 is 1.26 bits per heavy atom. The summed E-state index contributed by atoms with van der Waals surface area (Å²) in [6.07, 6.45) is 6.06. The number of nitrogens with one attached hydrogen (secondary N) is 2. The van der Waals surface area contributed by atoms with Gasteiger partial charge in [-0.2, -0.15) is 5.10 Å². The average Bonchev–Trinajstić information content (AvgIpc) is 2.93. The van der Waals surface area contributed by atoms with Crippen LogP contribution in [0.3, 0.4) is 0 Å². The number of aliphatic imine (C=N–C) groups is 1. The Bertz CT molecular complexity index is 621. The highest BCUT2D eigenvalue weighted by molar-refractivity contribution is 14.0. The highest BCUT2D eigenvalue weighted by atomic mass is 127. The van der Waals surface area contributed by atoms with Gasteiger partial charge in [-0.25, -0.2) is 0 Å². The summed E-state index contributed by atoms with van der Waals surface area (Å²) >= 11 is 0. The highest BCUT2D eigenvalue weighted by Gasteiger charge is 2.01. The standard InChI is InChI=1S/C17H25N5.HI/c1-14-7-4-5-9-16(14)12-20-17(18-2)19-10-6-8-15-11-21-22(3)13-15;/h4-5,7,9,11,13H,6,8,10,12H2,1-3H3,(H2,18,19,20);1H. The van der Waals surface area contributed by atoms with Crippen LogP contribution in [-0.2, 0) is 20.0 Å². The third kappa shape index (κ3) is 6.60.